The zero-order chi connectivity index (χ0) is 17.9. The lowest BCUT2D eigenvalue weighted by Gasteiger charge is -2.22. The van der Waals surface area contributed by atoms with Gasteiger partial charge in [-0.1, -0.05) is 18.2 Å². The number of carbonyl (C=O) groups is 1. The zero-order valence-corrected chi connectivity index (χ0v) is 17.0. The number of aromatic amines is 1. The highest BCUT2D eigenvalue weighted by molar-refractivity contribution is 5.86. The average molecular weight is 424 g/mol. The number of aryl methyl sites for hydroxylation is 1. The minimum Gasteiger partial charge on any atom is -0.489 e. The van der Waals surface area contributed by atoms with Gasteiger partial charge >= 0.3 is 0 Å². The highest BCUT2D eigenvalue weighted by atomic mass is 35.5. The second-order valence-corrected chi connectivity index (χ2v) is 6.32. The van der Waals surface area contributed by atoms with Crippen molar-refractivity contribution in [2.24, 2.45) is 0 Å². The number of aromatic nitrogens is 3. The molecule has 0 radical (unpaired) electrons. The molecule has 2 aromatic heterocycles. The minimum atomic E-state index is -0.410. The molecule has 1 aromatic carbocycles. The summed E-state index contributed by atoms with van der Waals surface area (Å²) in [6.07, 6.45) is 2.49. The van der Waals surface area contributed by atoms with Crippen LogP contribution in [0.25, 0.3) is 10.9 Å². The van der Waals surface area contributed by atoms with Gasteiger partial charge < -0.3 is 20.4 Å². The number of halogens is 2. The van der Waals surface area contributed by atoms with E-state index in [4.69, 9.17) is 4.74 Å². The summed E-state index contributed by atoms with van der Waals surface area (Å²) in [5.74, 6) is 0.638. The van der Waals surface area contributed by atoms with Crippen molar-refractivity contribution in [1.82, 2.24) is 25.6 Å². The third-order valence-corrected chi connectivity index (χ3v) is 4.49. The highest BCUT2D eigenvalue weighted by Gasteiger charge is 2.27. The number of pyridine rings is 1. The molecule has 0 fully saturated rings. The molecule has 0 saturated carbocycles. The number of hydrogen-bond acceptors (Lipinski definition) is 5. The van der Waals surface area contributed by atoms with Gasteiger partial charge in [-0.05, 0) is 19.1 Å². The number of rotatable bonds is 5. The van der Waals surface area contributed by atoms with Gasteiger partial charge in [0, 0.05) is 29.7 Å². The van der Waals surface area contributed by atoms with Crippen molar-refractivity contribution in [2.75, 3.05) is 19.7 Å². The summed E-state index contributed by atoms with van der Waals surface area (Å²) in [4.78, 5) is 24.3. The SMILES string of the molecule is Cc1ccc2cccc(OCCNC(=O)C3NCCc4[nH]cnc43)c2n1.Cl.Cl. The molecule has 9 heteroatoms. The van der Waals surface area contributed by atoms with E-state index >= 15 is 0 Å². The fourth-order valence-corrected chi connectivity index (χ4v) is 3.21. The lowest BCUT2D eigenvalue weighted by Crippen LogP contribution is -2.42. The van der Waals surface area contributed by atoms with Gasteiger partial charge in [0.2, 0.25) is 5.91 Å². The number of nitrogens with one attached hydrogen (secondary N) is 3. The second kappa shape index (κ2) is 9.73. The van der Waals surface area contributed by atoms with Crippen LogP contribution in [0.2, 0.25) is 0 Å². The molecule has 1 amide bonds. The van der Waals surface area contributed by atoms with Gasteiger partial charge in [-0.15, -0.1) is 24.8 Å². The summed E-state index contributed by atoms with van der Waals surface area (Å²) in [5, 5.41) is 7.15. The number of ether oxygens (including phenoxy) is 1. The molecule has 7 nitrogen and oxygen atoms in total. The Hall–Kier alpha value is -2.35. The van der Waals surface area contributed by atoms with E-state index in [-0.39, 0.29) is 30.7 Å². The van der Waals surface area contributed by atoms with Crippen LogP contribution in [0.4, 0.5) is 0 Å². The average Bonchev–Trinajstić information content (AvgIpc) is 3.14. The van der Waals surface area contributed by atoms with Crippen LogP contribution in [0.1, 0.15) is 23.1 Å². The first kappa shape index (κ1) is 21.9. The molecule has 3 aromatic rings. The fraction of sp³-hybridized carbons (Fsp3) is 0.316. The first-order valence-electron chi connectivity index (χ1n) is 8.75. The Kier molecular flexibility index (Phi) is 7.62. The van der Waals surface area contributed by atoms with Gasteiger partial charge in [0.1, 0.15) is 23.9 Å². The van der Waals surface area contributed by atoms with Crippen LogP contribution in [0, 0.1) is 6.92 Å². The van der Waals surface area contributed by atoms with Gasteiger partial charge in [0.05, 0.1) is 18.6 Å². The Bertz CT molecular complexity index is 947. The molecule has 0 aliphatic carbocycles. The van der Waals surface area contributed by atoms with E-state index in [1.807, 2.05) is 37.3 Å². The molecule has 1 unspecified atom stereocenters. The molecule has 0 bridgehead atoms. The molecular weight excluding hydrogens is 401 g/mol. The van der Waals surface area contributed by atoms with Crippen molar-refractivity contribution in [1.29, 1.82) is 0 Å². The number of H-pyrrole nitrogens is 1. The van der Waals surface area contributed by atoms with Crippen LogP contribution in [0.15, 0.2) is 36.7 Å². The van der Waals surface area contributed by atoms with Gasteiger partial charge in [-0.3, -0.25) is 4.79 Å². The molecule has 3 N–H and O–H groups in total. The van der Waals surface area contributed by atoms with Crippen LogP contribution in [0.5, 0.6) is 5.75 Å². The predicted molar refractivity (Wildman–Crippen MR) is 113 cm³/mol. The van der Waals surface area contributed by atoms with Crippen molar-refractivity contribution in [3.8, 4) is 5.75 Å². The van der Waals surface area contributed by atoms with E-state index in [1.165, 1.54) is 0 Å². The molecule has 28 heavy (non-hydrogen) atoms. The van der Waals surface area contributed by atoms with Crippen molar-refractivity contribution < 1.29 is 9.53 Å². The quantitative estimate of drug-likeness (QED) is 0.548. The first-order chi connectivity index (χ1) is 12.7. The van der Waals surface area contributed by atoms with Crippen LogP contribution >= 0.6 is 24.8 Å². The fourth-order valence-electron chi connectivity index (χ4n) is 3.21. The maximum Gasteiger partial charge on any atom is 0.243 e. The molecule has 3 heterocycles. The number of nitrogens with zero attached hydrogens (tertiary/aromatic N) is 2. The predicted octanol–water partition coefficient (Wildman–Crippen LogP) is 2.49. The first-order valence-corrected chi connectivity index (χ1v) is 8.75. The zero-order valence-electron chi connectivity index (χ0n) is 15.4. The summed E-state index contributed by atoms with van der Waals surface area (Å²) in [6, 6.07) is 9.45. The van der Waals surface area contributed by atoms with E-state index in [0.29, 0.717) is 13.2 Å². The highest BCUT2D eigenvalue weighted by Crippen LogP contribution is 2.24. The third kappa shape index (κ3) is 4.55. The lowest BCUT2D eigenvalue weighted by molar-refractivity contribution is -0.123. The number of para-hydroxylation sites is 1. The standard InChI is InChI=1S/C19H21N5O2.2ClH/c1-12-5-6-13-3-2-4-15(16(13)24-12)26-10-9-21-19(25)18-17-14(7-8-20-18)22-11-23-17;;/h2-6,11,18,20H,7-10H2,1H3,(H,21,25)(H,22,23);2*1H. The largest absolute Gasteiger partial charge is 0.489 e. The number of amides is 1. The van der Waals surface area contributed by atoms with Crippen LogP contribution in [-0.2, 0) is 11.2 Å². The Labute approximate surface area is 175 Å². The van der Waals surface area contributed by atoms with Crippen LogP contribution in [0.3, 0.4) is 0 Å². The van der Waals surface area contributed by atoms with Crippen LogP contribution < -0.4 is 15.4 Å². The van der Waals surface area contributed by atoms with Gasteiger partial charge in [0.15, 0.2) is 0 Å². The molecule has 4 rings (SSSR count). The third-order valence-electron chi connectivity index (χ3n) is 4.49. The number of fused-ring (bicyclic) bond motifs is 2. The van der Waals surface area contributed by atoms with Gasteiger partial charge in [0.25, 0.3) is 0 Å². The molecule has 1 aliphatic rings. The Balaban J connectivity index is 0.00000140. The molecule has 0 spiro atoms. The summed E-state index contributed by atoms with van der Waals surface area (Å²) in [6.45, 7) is 3.50. The molecule has 1 atom stereocenters. The van der Waals surface area contributed by atoms with E-state index in [0.717, 1.165) is 46.7 Å². The monoisotopic (exact) mass is 423 g/mol. The molecular formula is C19H23Cl2N5O2. The maximum atomic E-state index is 12.4. The Morgan fingerprint density at radius 1 is 1.29 bits per heavy atom. The molecule has 0 saturated heterocycles. The van der Waals surface area contributed by atoms with Crippen molar-refractivity contribution in [3.63, 3.8) is 0 Å². The molecule has 1 aliphatic heterocycles. The summed E-state index contributed by atoms with van der Waals surface area (Å²) in [5.41, 5.74) is 3.59. The van der Waals surface area contributed by atoms with Gasteiger partial charge in [-0.2, -0.15) is 0 Å². The van der Waals surface area contributed by atoms with E-state index in [1.54, 1.807) is 6.33 Å². The van der Waals surface area contributed by atoms with Crippen molar-refractivity contribution in [3.05, 3.63) is 53.7 Å². The van der Waals surface area contributed by atoms with E-state index < -0.39 is 6.04 Å². The summed E-state index contributed by atoms with van der Waals surface area (Å²) < 4.78 is 5.85. The van der Waals surface area contributed by atoms with E-state index in [9.17, 15) is 4.79 Å². The second-order valence-electron chi connectivity index (χ2n) is 6.32. The normalized spacial score (nSPS) is 15.1. The Morgan fingerprint density at radius 3 is 3.00 bits per heavy atom. The number of carbonyl (C=O) groups excluding carboxylic acids is 1. The number of imidazole rings is 1. The lowest BCUT2D eigenvalue weighted by atomic mass is 10.1. The van der Waals surface area contributed by atoms with Gasteiger partial charge in [-0.25, -0.2) is 9.97 Å². The topological polar surface area (TPSA) is 91.9 Å². The number of benzene rings is 1. The molecule has 150 valence electrons. The van der Waals surface area contributed by atoms with Crippen molar-refractivity contribution in [2.45, 2.75) is 19.4 Å². The van der Waals surface area contributed by atoms with Crippen LogP contribution in [-0.4, -0.2) is 40.6 Å². The summed E-state index contributed by atoms with van der Waals surface area (Å²) >= 11 is 0. The minimum absolute atomic E-state index is 0. The van der Waals surface area contributed by atoms with Crippen molar-refractivity contribution >= 4 is 41.6 Å². The Morgan fingerprint density at radius 2 is 2.14 bits per heavy atom. The maximum absolute atomic E-state index is 12.4. The summed E-state index contributed by atoms with van der Waals surface area (Å²) in [7, 11) is 0. The smallest absolute Gasteiger partial charge is 0.243 e. The number of hydrogen-bond donors (Lipinski definition) is 3. The van der Waals surface area contributed by atoms with E-state index in [2.05, 4.69) is 25.6 Å².